The first-order valence-electron chi connectivity index (χ1n) is 4.30. The molecule has 0 radical (unpaired) electrons. The first kappa shape index (κ1) is 10.9. The molecule has 0 spiro atoms. The van der Waals surface area contributed by atoms with Crippen LogP contribution in [-0.2, 0) is 10.2 Å². The Morgan fingerprint density at radius 3 is 2.46 bits per heavy atom. The zero-order valence-electron chi connectivity index (χ0n) is 7.97. The molecule has 1 atom stereocenters. The zero-order valence-corrected chi connectivity index (χ0v) is 8.79. The van der Waals surface area contributed by atoms with E-state index in [-0.39, 0.29) is 12.5 Å². The van der Waals surface area contributed by atoms with Crippen LogP contribution in [0.4, 0.5) is 0 Å². The van der Waals surface area contributed by atoms with E-state index in [0.717, 1.165) is 0 Å². The lowest BCUT2D eigenvalue weighted by Gasteiger charge is -2.18. The van der Waals surface area contributed by atoms with Gasteiger partial charge < -0.3 is 5.11 Å². The van der Waals surface area contributed by atoms with Crippen molar-refractivity contribution in [2.24, 2.45) is 5.92 Å². The van der Waals surface area contributed by atoms with Gasteiger partial charge in [0.15, 0.2) is 0 Å². The molecule has 1 N–H and O–H groups in total. The Bertz CT molecular complexity index is 265. The second-order valence-electron chi connectivity index (χ2n) is 3.48. The van der Waals surface area contributed by atoms with E-state index < -0.39 is 10.2 Å². The lowest BCUT2D eigenvalue weighted by atomic mass is 10.2. The van der Waals surface area contributed by atoms with E-state index >= 15 is 0 Å². The molecule has 0 aliphatic carbocycles. The number of likely N-dealkylation sites (N-methyl/N-ethyl adjacent to an activating group) is 1. The molecule has 1 fully saturated rings. The van der Waals surface area contributed by atoms with Crippen molar-refractivity contribution in [2.45, 2.75) is 6.92 Å². The van der Waals surface area contributed by atoms with Crippen LogP contribution >= 0.6 is 0 Å². The molecule has 0 aromatic carbocycles. The summed E-state index contributed by atoms with van der Waals surface area (Å²) < 4.78 is 25.8. The Balaban J connectivity index is 2.63. The van der Waals surface area contributed by atoms with Gasteiger partial charge in [-0.05, 0) is 5.92 Å². The van der Waals surface area contributed by atoms with E-state index in [1.54, 1.807) is 7.05 Å². The quantitative estimate of drug-likeness (QED) is 0.654. The second-order valence-corrected chi connectivity index (χ2v) is 5.51. The maximum Gasteiger partial charge on any atom is 0.281 e. The average Bonchev–Trinajstić information content (AvgIpc) is 2.31. The summed E-state index contributed by atoms with van der Waals surface area (Å²) in [5.41, 5.74) is 0. The van der Waals surface area contributed by atoms with Crippen molar-refractivity contribution in [1.29, 1.82) is 0 Å². The molecule has 0 bridgehead atoms. The summed E-state index contributed by atoms with van der Waals surface area (Å²) in [6.07, 6.45) is 0. The van der Waals surface area contributed by atoms with Crippen molar-refractivity contribution in [2.75, 3.05) is 33.3 Å². The third-order valence-electron chi connectivity index (χ3n) is 2.21. The highest BCUT2D eigenvalue weighted by atomic mass is 32.2. The van der Waals surface area contributed by atoms with E-state index in [9.17, 15) is 8.42 Å². The van der Waals surface area contributed by atoms with Gasteiger partial charge >= 0.3 is 0 Å². The van der Waals surface area contributed by atoms with Gasteiger partial charge in [0, 0.05) is 33.3 Å². The summed E-state index contributed by atoms with van der Waals surface area (Å²) in [6, 6.07) is 0. The first-order chi connectivity index (χ1) is 5.98. The molecule has 1 rings (SSSR count). The zero-order chi connectivity index (χ0) is 10.1. The Morgan fingerprint density at radius 2 is 2.08 bits per heavy atom. The van der Waals surface area contributed by atoms with Gasteiger partial charge in [0.2, 0.25) is 0 Å². The van der Waals surface area contributed by atoms with Crippen molar-refractivity contribution in [1.82, 2.24) is 8.61 Å². The van der Waals surface area contributed by atoms with Gasteiger partial charge in [-0.2, -0.15) is 17.0 Å². The minimum absolute atomic E-state index is 0.00118. The largest absolute Gasteiger partial charge is 0.396 e. The highest BCUT2D eigenvalue weighted by Crippen LogP contribution is 2.15. The monoisotopic (exact) mass is 208 g/mol. The fraction of sp³-hybridized carbons (Fsp3) is 1.00. The van der Waals surface area contributed by atoms with Crippen LogP contribution in [0.25, 0.3) is 0 Å². The highest BCUT2D eigenvalue weighted by Gasteiger charge is 2.33. The lowest BCUT2D eigenvalue weighted by Crippen LogP contribution is -2.34. The van der Waals surface area contributed by atoms with Gasteiger partial charge in [-0.3, -0.25) is 0 Å². The van der Waals surface area contributed by atoms with E-state index in [1.807, 2.05) is 6.92 Å². The molecule has 0 aromatic heterocycles. The van der Waals surface area contributed by atoms with E-state index in [0.29, 0.717) is 19.6 Å². The predicted molar refractivity (Wildman–Crippen MR) is 49.4 cm³/mol. The summed E-state index contributed by atoms with van der Waals surface area (Å²) in [7, 11) is -1.65. The Morgan fingerprint density at radius 1 is 1.46 bits per heavy atom. The van der Waals surface area contributed by atoms with Crippen LogP contribution in [0.5, 0.6) is 0 Å². The smallest absolute Gasteiger partial charge is 0.281 e. The molecule has 1 aliphatic rings. The summed E-state index contributed by atoms with van der Waals surface area (Å²) in [6.45, 7) is 3.33. The van der Waals surface area contributed by atoms with Gasteiger partial charge in [-0.15, -0.1) is 0 Å². The van der Waals surface area contributed by atoms with Gasteiger partial charge in [0.1, 0.15) is 0 Å². The SMILES string of the molecule is CC(CO)CN1CCN(C)S1(=O)=O. The number of aliphatic hydroxyl groups excluding tert-OH is 1. The molecule has 6 heteroatoms. The summed E-state index contributed by atoms with van der Waals surface area (Å²) >= 11 is 0. The van der Waals surface area contributed by atoms with E-state index in [2.05, 4.69) is 0 Å². The molecular formula is C7H16N2O3S. The fourth-order valence-corrected chi connectivity index (χ4v) is 2.73. The standard InChI is InChI=1S/C7H16N2O3S/c1-7(6-10)5-9-4-3-8(2)13(9,11)12/h7,10H,3-6H2,1-2H3. The van der Waals surface area contributed by atoms with Crippen LogP contribution in [0.2, 0.25) is 0 Å². The van der Waals surface area contributed by atoms with Crippen molar-refractivity contribution in [3.8, 4) is 0 Å². The summed E-state index contributed by atoms with van der Waals surface area (Å²) in [5, 5.41) is 8.80. The molecule has 5 nitrogen and oxygen atoms in total. The molecule has 0 aromatic rings. The molecule has 1 unspecified atom stereocenters. The third kappa shape index (κ3) is 2.19. The van der Waals surface area contributed by atoms with E-state index in [1.165, 1.54) is 8.61 Å². The number of hydrogen-bond donors (Lipinski definition) is 1. The second kappa shape index (κ2) is 3.91. The normalized spacial score (nSPS) is 26.4. The van der Waals surface area contributed by atoms with Crippen LogP contribution < -0.4 is 0 Å². The first-order valence-corrected chi connectivity index (χ1v) is 5.70. The van der Waals surface area contributed by atoms with Crippen LogP contribution in [0.15, 0.2) is 0 Å². The average molecular weight is 208 g/mol. The third-order valence-corrected chi connectivity index (χ3v) is 4.17. The molecule has 13 heavy (non-hydrogen) atoms. The van der Waals surface area contributed by atoms with Crippen molar-refractivity contribution in [3.05, 3.63) is 0 Å². The van der Waals surface area contributed by atoms with Crippen LogP contribution in [0.3, 0.4) is 0 Å². The number of aliphatic hydroxyl groups is 1. The number of hydrogen-bond acceptors (Lipinski definition) is 3. The Kier molecular flexibility index (Phi) is 3.28. The van der Waals surface area contributed by atoms with Gasteiger partial charge in [0.25, 0.3) is 10.2 Å². The predicted octanol–water partition coefficient (Wildman–Crippen LogP) is -0.893. The maximum atomic E-state index is 11.5. The highest BCUT2D eigenvalue weighted by molar-refractivity contribution is 7.87. The number of rotatable bonds is 3. The molecular weight excluding hydrogens is 192 g/mol. The van der Waals surface area contributed by atoms with Gasteiger partial charge in [0.05, 0.1) is 0 Å². The van der Waals surface area contributed by atoms with E-state index in [4.69, 9.17) is 5.11 Å². The Labute approximate surface area is 79.1 Å². The lowest BCUT2D eigenvalue weighted by molar-refractivity contribution is 0.216. The molecule has 78 valence electrons. The van der Waals surface area contributed by atoms with Crippen molar-refractivity contribution in [3.63, 3.8) is 0 Å². The topological polar surface area (TPSA) is 60.9 Å². The van der Waals surface area contributed by atoms with Crippen LogP contribution in [0, 0.1) is 5.92 Å². The van der Waals surface area contributed by atoms with Crippen LogP contribution in [-0.4, -0.2) is 55.4 Å². The minimum atomic E-state index is -3.22. The Hall–Kier alpha value is -0.170. The molecule has 0 amide bonds. The van der Waals surface area contributed by atoms with Crippen molar-refractivity contribution < 1.29 is 13.5 Å². The van der Waals surface area contributed by atoms with Gasteiger partial charge in [-0.1, -0.05) is 6.92 Å². The summed E-state index contributed by atoms with van der Waals surface area (Å²) in [5.74, 6) is 0.00118. The fourth-order valence-electron chi connectivity index (χ4n) is 1.27. The molecule has 1 saturated heterocycles. The molecule has 1 heterocycles. The summed E-state index contributed by atoms with van der Waals surface area (Å²) in [4.78, 5) is 0. The molecule has 0 saturated carbocycles. The maximum absolute atomic E-state index is 11.5. The number of nitrogens with zero attached hydrogens (tertiary/aromatic N) is 2. The minimum Gasteiger partial charge on any atom is -0.396 e. The van der Waals surface area contributed by atoms with Crippen LogP contribution in [0.1, 0.15) is 6.92 Å². The van der Waals surface area contributed by atoms with Crippen molar-refractivity contribution >= 4 is 10.2 Å². The molecule has 1 aliphatic heterocycles. The van der Waals surface area contributed by atoms with Gasteiger partial charge in [-0.25, -0.2) is 0 Å².